The van der Waals surface area contributed by atoms with Gasteiger partial charge in [0.25, 0.3) is 5.91 Å². The molecule has 0 N–H and O–H groups in total. The molecule has 1 aromatic heterocycles. The van der Waals surface area contributed by atoms with Crippen LogP contribution in [0.1, 0.15) is 6.92 Å². The van der Waals surface area contributed by atoms with Gasteiger partial charge in [0, 0.05) is 13.2 Å². The van der Waals surface area contributed by atoms with Crippen molar-refractivity contribution in [3.05, 3.63) is 41.0 Å². The van der Waals surface area contributed by atoms with Crippen molar-refractivity contribution in [2.75, 3.05) is 14.2 Å². The summed E-state index contributed by atoms with van der Waals surface area (Å²) < 4.78 is 7.93. The lowest BCUT2D eigenvalue weighted by Gasteiger charge is -2.18. The number of benzene rings is 1. The second-order valence-corrected chi connectivity index (χ2v) is 5.20. The highest BCUT2D eigenvalue weighted by atomic mass is 79.9. The van der Waals surface area contributed by atoms with Crippen LogP contribution in [0.2, 0.25) is 0 Å². The van der Waals surface area contributed by atoms with Crippen LogP contribution in [0, 0.1) is 0 Å². The molecule has 0 aliphatic heterocycles. The Hall–Kier alpha value is -1.86. The number of ether oxygens (including phenoxy) is 1. The number of para-hydroxylation sites is 1. The van der Waals surface area contributed by atoms with E-state index in [2.05, 4.69) is 21.0 Å². The first kappa shape index (κ1) is 15.5. The highest BCUT2D eigenvalue weighted by molar-refractivity contribution is 9.10. The van der Waals surface area contributed by atoms with Gasteiger partial charge in [-0.3, -0.25) is 9.63 Å². The van der Waals surface area contributed by atoms with Crippen LogP contribution in [0.3, 0.4) is 0 Å². The third-order valence-corrected chi connectivity index (χ3v) is 3.42. The van der Waals surface area contributed by atoms with Crippen LogP contribution in [0.5, 0.6) is 5.88 Å². The van der Waals surface area contributed by atoms with Crippen LogP contribution in [-0.2, 0) is 9.63 Å². The Balaban J connectivity index is 2.15. The third-order valence-electron chi connectivity index (χ3n) is 2.88. The van der Waals surface area contributed by atoms with Crippen LogP contribution in [0.25, 0.3) is 5.69 Å². The molecule has 2 aromatic rings. The summed E-state index contributed by atoms with van der Waals surface area (Å²) in [4.78, 5) is 16.7. The SMILES string of the molecule is CON(C)C(=O)[C@H](C)Oc1nn(-c2ccccc2)cc1Br. The summed E-state index contributed by atoms with van der Waals surface area (Å²) in [5.41, 5.74) is 0.904. The van der Waals surface area contributed by atoms with E-state index in [-0.39, 0.29) is 5.91 Å². The predicted octanol–water partition coefficient (Wildman–Crippen LogP) is 2.42. The van der Waals surface area contributed by atoms with E-state index in [0.717, 1.165) is 10.8 Å². The number of likely N-dealkylation sites (N-methyl/N-ethyl adjacent to an activating group) is 1. The van der Waals surface area contributed by atoms with Crippen LogP contribution in [-0.4, -0.2) is 41.0 Å². The lowest BCUT2D eigenvalue weighted by molar-refractivity contribution is -0.175. The molecule has 0 spiro atoms. The molecule has 0 bridgehead atoms. The molecule has 6 nitrogen and oxygen atoms in total. The molecule has 21 heavy (non-hydrogen) atoms. The molecule has 0 saturated carbocycles. The standard InChI is InChI=1S/C14H16BrN3O3/c1-10(14(19)17(2)20-3)21-13-12(15)9-18(16-13)11-7-5-4-6-8-11/h4-10H,1-3H3/t10-/m0/s1. The minimum Gasteiger partial charge on any atom is -0.463 e. The summed E-state index contributed by atoms with van der Waals surface area (Å²) in [6.07, 6.45) is 1.08. The average molecular weight is 354 g/mol. The molecule has 0 radical (unpaired) electrons. The molecule has 7 heteroatoms. The maximum atomic E-state index is 11.9. The lowest BCUT2D eigenvalue weighted by atomic mass is 10.3. The summed E-state index contributed by atoms with van der Waals surface area (Å²) in [6, 6.07) is 9.63. The van der Waals surface area contributed by atoms with Crippen LogP contribution >= 0.6 is 15.9 Å². The van der Waals surface area contributed by atoms with Gasteiger partial charge in [-0.1, -0.05) is 18.2 Å². The van der Waals surface area contributed by atoms with E-state index in [9.17, 15) is 4.79 Å². The van der Waals surface area contributed by atoms with E-state index < -0.39 is 6.10 Å². The highest BCUT2D eigenvalue weighted by Crippen LogP contribution is 2.25. The van der Waals surface area contributed by atoms with E-state index >= 15 is 0 Å². The zero-order chi connectivity index (χ0) is 15.4. The second-order valence-electron chi connectivity index (χ2n) is 4.34. The van der Waals surface area contributed by atoms with E-state index in [1.54, 1.807) is 17.8 Å². The highest BCUT2D eigenvalue weighted by Gasteiger charge is 2.21. The number of halogens is 1. The molecule has 0 aliphatic carbocycles. The van der Waals surface area contributed by atoms with Crippen molar-refractivity contribution < 1.29 is 14.4 Å². The maximum Gasteiger partial charge on any atom is 0.286 e. The molecule has 0 saturated heterocycles. The minimum absolute atomic E-state index is 0.293. The summed E-state index contributed by atoms with van der Waals surface area (Å²) in [5.74, 6) is 0.0582. The summed E-state index contributed by atoms with van der Waals surface area (Å²) >= 11 is 3.38. The van der Waals surface area contributed by atoms with Crippen molar-refractivity contribution in [3.63, 3.8) is 0 Å². The number of hydroxylamine groups is 2. The van der Waals surface area contributed by atoms with Gasteiger partial charge in [0.15, 0.2) is 6.10 Å². The Morgan fingerprint density at radius 2 is 2.05 bits per heavy atom. The van der Waals surface area contributed by atoms with Gasteiger partial charge in [0.05, 0.1) is 17.3 Å². The number of amides is 1. The monoisotopic (exact) mass is 353 g/mol. The van der Waals surface area contributed by atoms with E-state index in [1.165, 1.54) is 14.2 Å². The number of carbonyl (C=O) groups is 1. The molecule has 2 rings (SSSR count). The Bertz CT molecular complexity index is 615. The zero-order valence-electron chi connectivity index (χ0n) is 12.0. The van der Waals surface area contributed by atoms with Crippen molar-refractivity contribution in [1.29, 1.82) is 0 Å². The van der Waals surface area contributed by atoms with Crippen LogP contribution < -0.4 is 4.74 Å². The maximum absolute atomic E-state index is 11.9. The van der Waals surface area contributed by atoms with Gasteiger partial charge in [0.1, 0.15) is 0 Å². The Morgan fingerprint density at radius 1 is 1.38 bits per heavy atom. The topological polar surface area (TPSA) is 56.6 Å². The zero-order valence-corrected chi connectivity index (χ0v) is 13.6. The number of hydrogen-bond donors (Lipinski definition) is 0. The van der Waals surface area contributed by atoms with Crippen molar-refractivity contribution in [2.24, 2.45) is 0 Å². The predicted molar refractivity (Wildman–Crippen MR) is 81.1 cm³/mol. The fourth-order valence-corrected chi connectivity index (χ4v) is 2.06. The first-order valence-corrected chi connectivity index (χ1v) is 7.11. The van der Waals surface area contributed by atoms with Gasteiger partial charge >= 0.3 is 0 Å². The largest absolute Gasteiger partial charge is 0.463 e. The Kier molecular flexibility index (Phi) is 4.98. The molecule has 1 atom stereocenters. The van der Waals surface area contributed by atoms with Gasteiger partial charge < -0.3 is 4.74 Å². The average Bonchev–Trinajstić information content (AvgIpc) is 2.87. The number of aromatic nitrogens is 2. The summed E-state index contributed by atoms with van der Waals surface area (Å²) in [6.45, 7) is 1.64. The number of hydrogen-bond acceptors (Lipinski definition) is 4. The van der Waals surface area contributed by atoms with Gasteiger partial charge in [0.2, 0.25) is 5.88 Å². The van der Waals surface area contributed by atoms with E-state index in [4.69, 9.17) is 9.57 Å². The first-order chi connectivity index (χ1) is 10.0. The molecule has 0 aliphatic rings. The summed E-state index contributed by atoms with van der Waals surface area (Å²) in [7, 11) is 2.95. The molecule has 0 fully saturated rings. The normalized spacial score (nSPS) is 12.0. The lowest BCUT2D eigenvalue weighted by Crippen LogP contribution is -2.37. The molecule has 1 aromatic carbocycles. The number of rotatable bonds is 5. The molecular formula is C14H16BrN3O3. The Morgan fingerprint density at radius 3 is 2.67 bits per heavy atom. The van der Waals surface area contributed by atoms with Crippen molar-refractivity contribution in [1.82, 2.24) is 14.8 Å². The fraction of sp³-hybridized carbons (Fsp3) is 0.286. The first-order valence-electron chi connectivity index (χ1n) is 6.32. The molecule has 1 amide bonds. The quantitative estimate of drug-likeness (QED) is 0.774. The van der Waals surface area contributed by atoms with Gasteiger partial charge in [-0.05, 0) is 35.0 Å². The van der Waals surface area contributed by atoms with Crippen LogP contribution in [0.4, 0.5) is 0 Å². The minimum atomic E-state index is -0.703. The fourth-order valence-electron chi connectivity index (χ4n) is 1.69. The number of nitrogens with zero attached hydrogens (tertiary/aromatic N) is 3. The van der Waals surface area contributed by atoms with Crippen molar-refractivity contribution >= 4 is 21.8 Å². The smallest absolute Gasteiger partial charge is 0.286 e. The van der Waals surface area contributed by atoms with E-state index in [0.29, 0.717) is 10.4 Å². The molecular weight excluding hydrogens is 338 g/mol. The third kappa shape index (κ3) is 3.62. The van der Waals surface area contributed by atoms with Crippen molar-refractivity contribution in [2.45, 2.75) is 13.0 Å². The van der Waals surface area contributed by atoms with Gasteiger partial charge in [-0.15, -0.1) is 5.10 Å². The Labute approximate surface area is 131 Å². The van der Waals surface area contributed by atoms with Crippen molar-refractivity contribution in [3.8, 4) is 11.6 Å². The summed E-state index contributed by atoms with van der Waals surface area (Å²) in [5, 5.41) is 5.44. The molecule has 1 heterocycles. The van der Waals surface area contributed by atoms with E-state index in [1.807, 2.05) is 30.3 Å². The molecule has 112 valence electrons. The van der Waals surface area contributed by atoms with Gasteiger partial charge in [-0.25, -0.2) is 9.75 Å². The molecule has 0 unspecified atom stereocenters. The van der Waals surface area contributed by atoms with Gasteiger partial charge in [-0.2, -0.15) is 0 Å². The second kappa shape index (κ2) is 6.73. The van der Waals surface area contributed by atoms with Crippen LogP contribution in [0.15, 0.2) is 41.0 Å². The number of carbonyl (C=O) groups excluding carboxylic acids is 1.